The van der Waals surface area contributed by atoms with Crippen LogP contribution in [0.3, 0.4) is 0 Å². The van der Waals surface area contributed by atoms with Gasteiger partial charge in [0.2, 0.25) is 0 Å². The molecule has 0 radical (unpaired) electrons. The highest BCUT2D eigenvalue weighted by Gasteiger charge is 2.19. The van der Waals surface area contributed by atoms with Crippen LogP contribution in [0, 0.1) is 13.8 Å². The second kappa shape index (κ2) is 8.25. The van der Waals surface area contributed by atoms with E-state index in [1.54, 1.807) is 6.92 Å². The fraction of sp³-hybridized carbons (Fsp3) is 0.364. The molecule has 0 saturated heterocycles. The van der Waals surface area contributed by atoms with Crippen molar-refractivity contribution >= 4 is 17.6 Å². The standard InChI is InChI=1S/C22H25NO4/c1-14-7-10-20(15(2)11-14)23-22(25)16(3)27-21(24)13-26-19-9-8-17-5-4-6-18(17)12-19/h7-12,16H,4-6,13H2,1-3H3,(H,23,25)/t16-/m0/s1. The third-order valence-electron chi connectivity index (χ3n) is 4.74. The van der Waals surface area contributed by atoms with E-state index in [0.717, 1.165) is 30.4 Å². The van der Waals surface area contributed by atoms with E-state index in [4.69, 9.17) is 9.47 Å². The monoisotopic (exact) mass is 367 g/mol. The molecule has 1 atom stereocenters. The number of benzene rings is 2. The van der Waals surface area contributed by atoms with Crippen LogP contribution >= 0.6 is 0 Å². The lowest BCUT2D eigenvalue weighted by Crippen LogP contribution is -2.31. The van der Waals surface area contributed by atoms with E-state index in [-0.39, 0.29) is 12.5 Å². The van der Waals surface area contributed by atoms with Crippen LogP contribution in [0.1, 0.15) is 35.6 Å². The number of hydrogen-bond acceptors (Lipinski definition) is 4. The van der Waals surface area contributed by atoms with Crippen LogP contribution in [0.2, 0.25) is 0 Å². The van der Waals surface area contributed by atoms with Crippen LogP contribution in [0.5, 0.6) is 5.75 Å². The Balaban J connectivity index is 1.48. The Hall–Kier alpha value is -2.82. The second-order valence-electron chi connectivity index (χ2n) is 7.01. The third-order valence-corrected chi connectivity index (χ3v) is 4.74. The number of rotatable bonds is 6. The summed E-state index contributed by atoms with van der Waals surface area (Å²) >= 11 is 0. The van der Waals surface area contributed by atoms with Gasteiger partial charge in [-0.3, -0.25) is 4.79 Å². The van der Waals surface area contributed by atoms with E-state index < -0.39 is 12.1 Å². The lowest BCUT2D eigenvalue weighted by Gasteiger charge is -2.15. The largest absolute Gasteiger partial charge is 0.482 e. The maximum Gasteiger partial charge on any atom is 0.344 e. The molecule has 1 amide bonds. The molecule has 2 aromatic rings. The minimum Gasteiger partial charge on any atom is -0.482 e. The normalized spacial score (nSPS) is 13.6. The summed E-state index contributed by atoms with van der Waals surface area (Å²) < 4.78 is 10.7. The number of ether oxygens (including phenoxy) is 2. The molecule has 3 rings (SSSR count). The van der Waals surface area contributed by atoms with Gasteiger partial charge < -0.3 is 14.8 Å². The van der Waals surface area contributed by atoms with Gasteiger partial charge in [-0.05, 0) is 74.9 Å². The molecule has 5 heteroatoms. The average Bonchev–Trinajstić information content (AvgIpc) is 3.10. The molecule has 0 aromatic heterocycles. The Labute approximate surface area is 159 Å². The summed E-state index contributed by atoms with van der Waals surface area (Å²) in [4.78, 5) is 24.3. The zero-order valence-corrected chi connectivity index (χ0v) is 16.0. The van der Waals surface area contributed by atoms with E-state index in [9.17, 15) is 9.59 Å². The first-order valence-electron chi connectivity index (χ1n) is 9.24. The molecular formula is C22H25NO4. The zero-order valence-electron chi connectivity index (χ0n) is 16.0. The molecule has 27 heavy (non-hydrogen) atoms. The predicted octanol–water partition coefficient (Wildman–Crippen LogP) is 3.74. The van der Waals surface area contributed by atoms with Gasteiger partial charge in [0.25, 0.3) is 5.91 Å². The van der Waals surface area contributed by atoms with Crippen LogP contribution in [-0.2, 0) is 27.2 Å². The molecule has 1 N–H and O–H groups in total. The van der Waals surface area contributed by atoms with Gasteiger partial charge in [-0.2, -0.15) is 0 Å². The molecule has 142 valence electrons. The van der Waals surface area contributed by atoms with Gasteiger partial charge in [0.05, 0.1) is 0 Å². The third kappa shape index (κ3) is 4.88. The summed E-state index contributed by atoms with van der Waals surface area (Å²) in [6, 6.07) is 11.6. The van der Waals surface area contributed by atoms with Gasteiger partial charge in [-0.1, -0.05) is 23.8 Å². The van der Waals surface area contributed by atoms with Crippen molar-refractivity contribution in [3.05, 3.63) is 58.7 Å². The molecule has 1 aliphatic rings. The summed E-state index contributed by atoms with van der Waals surface area (Å²) in [5, 5.41) is 2.79. The summed E-state index contributed by atoms with van der Waals surface area (Å²) in [5.41, 5.74) is 5.42. The fourth-order valence-corrected chi connectivity index (χ4v) is 3.25. The molecule has 2 aromatic carbocycles. The van der Waals surface area contributed by atoms with Gasteiger partial charge in [0.15, 0.2) is 12.7 Å². The number of fused-ring (bicyclic) bond motifs is 1. The van der Waals surface area contributed by atoms with Crippen molar-refractivity contribution in [2.45, 2.75) is 46.1 Å². The van der Waals surface area contributed by atoms with Gasteiger partial charge in [-0.15, -0.1) is 0 Å². The fourth-order valence-electron chi connectivity index (χ4n) is 3.25. The van der Waals surface area contributed by atoms with Crippen molar-refractivity contribution in [1.29, 1.82) is 0 Å². The van der Waals surface area contributed by atoms with E-state index in [1.807, 2.05) is 50.2 Å². The van der Waals surface area contributed by atoms with Crippen molar-refractivity contribution in [2.75, 3.05) is 11.9 Å². The Kier molecular flexibility index (Phi) is 5.79. The predicted molar refractivity (Wildman–Crippen MR) is 104 cm³/mol. The molecule has 1 aliphatic carbocycles. The van der Waals surface area contributed by atoms with E-state index >= 15 is 0 Å². The molecule has 5 nitrogen and oxygen atoms in total. The number of nitrogens with one attached hydrogen (secondary N) is 1. The van der Waals surface area contributed by atoms with Crippen LogP contribution < -0.4 is 10.1 Å². The highest BCUT2D eigenvalue weighted by molar-refractivity contribution is 5.95. The number of carbonyl (C=O) groups excluding carboxylic acids is 2. The number of carbonyl (C=O) groups is 2. The molecule has 0 bridgehead atoms. The number of esters is 1. The molecule has 0 spiro atoms. The minimum absolute atomic E-state index is 0.222. The first-order valence-corrected chi connectivity index (χ1v) is 9.24. The average molecular weight is 367 g/mol. The SMILES string of the molecule is Cc1ccc(NC(=O)[C@H](C)OC(=O)COc2ccc3c(c2)CCC3)c(C)c1. The Bertz CT molecular complexity index is 859. The van der Waals surface area contributed by atoms with Crippen molar-refractivity contribution in [2.24, 2.45) is 0 Å². The number of aryl methyl sites for hydroxylation is 4. The topological polar surface area (TPSA) is 64.6 Å². The Morgan fingerprint density at radius 3 is 2.63 bits per heavy atom. The summed E-state index contributed by atoms with van der Waals surface area (Å²) in [6.07, 6.45) is 2.41. The Morgan fingerprint density at radius 1 is 1.07 bits per heavy atom. The quantitative estimate of drug-likeness (QED) is 0.790. The number of hydrogen-bond donors (Lipinski definition) is 1. The smallest absolute Gasteiger partial charge is 0.344 e. The lowest BCUT2D eigenvalue weighted by atomic mass is 10.1. The first-order chi connectivity index (χ1) is 12.9. The van der Waals surface area contributed by atoms with Crippen LogP contribution in [0.4, 0.5) is 5.69 Å². The maximum absolute atomic E-state index is 12.3. The van der Waals surface area contributed by atoms with Crippen LogP contribution in [0.15, 0.2) is 36.4 Å². The molecule has 0 aliphatic heterocycles. The summed E-state index contributed by atoms with van der Waals surface area (Å²) in [6.45, 7) is 5.24. The van der Waals surface area contributed by atoms with Gasteiger partial charge in [0, 0.05) is 5.69 Å². The molecule has 0 unspecified atom stereocenters. The number of amides is 1. The van der Waals surface area contributed by atoms with Gasteiger partial charge in [-0.25, -0.2) is 4.79 Å². The van der Waals surface area contributed by atoms with Crippen molar-refractivity contribution in [3.63, 3.8) is 0 Å². The maximum atomic E-state index is 12.3. The van der Waals surface area contributed by atoms with Crippen molar-refractivity contribution in [1.82, 2.24) is 0 Å². The lowest BCUT2D eigenvalue weighted by molar-refractivity contribution is -0.155. The Morgan fingerprint density at radius 2 is 1.85 bits per heavy atom. The van der Waals surface area contributed by atoms with Gasteiger partial charge >= 0.3 is 5.97 Å². The second-order valence-corrected chi connectivity index (χ2v) is 7.01. The first kappa shape index (κ1) is 19.0. The molecule has 0 fully saturated rings. The van der Waals surface area contributed by atoms with Crippen molar-refractivity contribution in [3.8, 4) is 5.75 Å². The highest BCUT2D eigenvalue weighted by atomic mass is 16.6. The molecular weight excluding hydrogens is 342 g/mol. The van der Waals surface area contributed by atoms with Crippen LogP contribution in [-0.4, -0.2) is 24.6 Å². The van der Waals surface area contributed by atoms with Gasteiger partial charge in [0.1, 0.15) is 5.75 Å². The summed E-state index contributed by atoms with van der Waals surface area (Å²) in [5.74, 6) is -0.286. The van der Waals surface area contributed by atoms with Crippen LogP contribution in [0.25, 0.3) is 0 Å². The number of anilines is 1. The minimum atomic E-state index is -0.901. The van der Waals surface area contributed by atoms with E-state index in [2.05, 4.69) is 5.32 Å². The zero-order chi connectivity index (χ0) is 19.4. The molecule has 0 heterocycles. The van der Waals surface area contributed by atoms with Crippen molar-refractivity contribution < 1.29 is 19.1 Å². The van der Waals surface area contributed by atoms with E-state index in [0.29, 0.717) is 11.4 Å². The van der Waals surface area contributed by atoms with E-state index in [1.165, 1.54) is 11.1 Å². The summed E-state index contributed by atoms with van der Waals surface area (Å²) in [7, 11) is 0. The molecule has 0 saturated carbocycles. The highest BCUT2D eigenvalue weighted by Crippen LogP contribution is 2.26.